The Bertz CT molecular complexity index is 1290. The van der Waals surface area contributed by atoms with Crippen LogP contribution >= 0.6 is 0 Å². The Hall–Kier alpha value is -3.65. The number of nitrogens with one attached hydrogen (secondary N) is 4. The summed E-state index contributed by atoms with van der Waals surface area (Å²) in [5, 5.41) is 9.62. The maximum Gasteiger partial charge on any atom is 0.416 e. The normalized spacial score (nSPS) is 17.6. The fourth-order valence-corrected chi connectivity index (χ4v) is 5.73. The van der Waals surface area contributed by atoms with Crippen molar-refractivity contribution in [3.8, 4) is 0 Å². The smallest absolute Gasteiger partial charge is 0.379 e. The maximum absolute atomic E-state index is 13.2. The molecule has 0 radical (unpaired) electrons. The van der Waals surface area contributed by atoms with Gasteiger partial charge in [0.25, 0.3) is 5.91 Å². The molecule has 2 aromatic carbocycles. The first kappa shape index (κ1) is 29.9. The molecule has 1 aliphatic heterocycles. The molecule has 0 aromatic heterocycles. The van der Waals surface area contributed by atoms with Crippen molar-refractivity contribution < 1.29 is 40.7 Å². The third-order valence-corrected chi connectivity index (χ3v) is 7.83. The lowest BCUT2D eigenvalue weighted by Crippen LogP contribution is -2.51. The van der Waals surface area contributed by atoms with Gasteiger partial charge < -0.3 is 26.0 Å². The molecule has 1 saturated heterocycles. The average molecular weight is 571 g/mol. The third kappa shape index (κ3) is 8.42. The van der Waals surface area contributed by atoms with E-state index in [0.29, 0.717) is 19.1 Å². The molecule has 3 rings (SSSR count). The lowest BCUT2D eigenvalue weighted by atomic mass is 9.97. The van der Waals surface area contributed by atoms with Gasteiger partial charge >= 0.3 is 12.2 Å². The minimum Gasteiger partial charge on any atom is -0.379 e. The molecule has 1 fully saturated rings. The summed E-state index contributed by atoms with van der Waals surface area (Å²) in [6, 6.07) is 8.75. The Kier molecular flexibility index (Phi) is 9.92. The van der Waals surface area contributed by atoms with Crippen molar-refractivity contribution in [3.63, 3.8) is 0 Å². The summed E-state index contributed by atoms with van der Waals surface area (Å²) < 4.78 is 70.7. The van der Waals surface area contributed by atoms with Crippen LogP contribution < -0.4 is 21.3 Å². The monoisotopic (exact) mass is 570 g/mol. The molecule has 0 bridgehead atoms. The largest absolute Gasteiger partial charge is 0.416 e. The Morgan fingerprint density at radius 2 is 1.77 bits per heavy atom. The first-order valence-electron chi connectivity index (χ1n) is 12.1. The van der Waals surface area contributed by atoms with E-state index in [1.54, 1.807) is 25.1 Å². The number of hydrogen-bond acceptors (Lipinski definition) is 6. The van der Waals surface area contributed by atoms with Gasteiger partial charge in [-0.2, -0.15) is 13.2 Å². The quantitative estimate of drug-likeness (QED) is 0.365. The van der Waals surface area contributed by atoms with Crippen LogP contribution in [0.3, 0.4) is 0 Å². The summed E-state index contributed by atoms with van der Waals surface area (Å²) in [7, 11) is -3.63. The SMILES string of the molecule is CCNC(=O)Nc1ccc(C(F)(F)F)cc1C(=O)NCC(=O)N[C@H]1COCC[C@H]1CS(=O)(=O)c1ccccc1. The molecule has 14 heteroatoms. The van der Waals surface area contributed by atoms with Gasteiger partial charge in [0.05, 0.1) is 46.7 Å². The van der Waals surface area contributed by atoms with Crippen LogP contribution in [0.1, 0.15) is 29.3 Å². The van der Waals surface area contributed by atoms with Gasteiger partial charge in [0.15, 0.2) is 9.84 Å². The van der Waals surface area contributed by atoms with Gasteiger partial charge in [-0.3, -0.25) is 9.59 Å². The second-order valence-corrected chi connectivity index (χ2v) is 10.9. The van der Waals surface area contributed by atoms with Crippen molar-refractivity contribution in [2.75, 3.05) is 37.4 Å². The molecule has 0 spiro atoms. The van der Waals surface area contributed by atoms with Gasteiger partial charge in [0.2, 0.25) is 5.91 Å². The number of rotatable bonds is 9. The van der Waals surface area contributed by atoms with Crippen molar-refractivity contribution in [2.45, 2.75) is 30.5 Å². The summed E-state index contributed by atoms with van der Waals surface area (Å²) >= 11 is 0. The third-order valence-electron chi connectivity index (χ3n) is 5.97. The molecule has 2 atom stereocenters. The lowest BCUT2D eigenvalue weighted by Gasteiger charge is -2.32. The standard InChI is InChI=1S/C25H29F3N4O6S/c1-2-29-24(35)32-20-9-8-17(25(26,27)28)12-19(20)23(34)30-13-22(33)31-21-14-38-11-10-16(21)15-39(36,37)18-6-4-3-5-7-18/h3-9,12,16,21H,2,10-11,13-15H2,1H3,(H,30,34)(H,31,33)(H2,29,32,35)/t16-,21-/m0/s1. The van der Waals surface area contributed by atoms with Crippen LogP contribution in [0.4, 0.5) is 23.7 Å². The number of benzene rings is 2. The van der Waals surface area contributed by atoms with Gasteiger partial charge in [-0.1, -0.05) is 18.2 Å². The number of hydrogen-bond donors (Lipinski definition) is 4. The minimum absolute atomic E-state index is 0.0584. The molecule has 4 amide bonds. The van der Waals surface area contributed by atoms with Crippen LogP contribution in [0.15, 0.2) is 53.4 Å². The van der Waals surface area contributed by atoms with Gasteiger partial charge in [0, 0.05) is 13.2 Å². The number of carbonyl (C=O) groups excluding carboxylic acids is 3. The fourth-order valence-electron chi connectivity index (χ4n) is 4.01. The summed E-state index contributed by atoms with van der Waals surface area (Å²) in [4.78, 5) is 37.4. The van der Waals surface area contributed by atoms with Crippen LogP contribution in [-0.2, 0) is 25.5 Å². The number of ether oxygens (including phenoxy) is 1. The zero-order chi connectivity index (χ0) is 28.6. The highest BCUT2D eigenvalue weighted by Crippen LogP contribution is 2.32. The Morgan fingerprint density at radius 3 is 2.44 bits per heavy atom. The summed E-state index contributed by atoms with van der Waals surface area (Å²) in [6.07, 6.45) is -4.37. The fraction of sp³-hybridized carbons (Fsp3) is 0.400. The molecule has 1 heterocycles. The highest BCUT2D eigenvalue weighted by atomic mass is 32.2. The second kappa shape index (κ2) is 12.9. The average Bonchev–Trinajstić information content (AvgIpc) is 2.88. The number of alkyl halides is 3. The van der Waals surface area contributed by atoms with Crippen LogP contribution in [0.25, 0.3) is 0 Å². The van der Waals surface area contributed by atoms with Crippen molar-refractivity contribution in [1.29, 1.82) is 0 Å². The van der Waals surface area contributed by atoms with Crippen molar-refractivity contribution >= 4 is 33.4 Å². The Morgan fingerprint density at radius 1 is 1.05 bits per heavy atom. The second-order valence-electron chi connectivity index (χ2n) is 8.82. The molecule has 212 valence electrons. The van der Waals surface area contributed by atoms with Crippen molar-refractivity contribution in [3.05, 3.63) is 59.7 Å². The van der Waals surface area contributed by atoms with Gasteiger partial charge in [0.1, 0.15) is 0 Å². The molecule has 0 aliphatic carbocycles. The molecule has 0 unspecified atom stereocenters. The van der Waals surface area contributed by atoms with Crippen molar-refractivity contribution in [2.24, 2.45) is 5.92 Å². The molecular weight excluding hydrogens is 541 g/mol. The molecule has 4 N–H and O–H groups in total. The van der Waals surface area contributed by atoms with E-state index in [0.717, 1.165) is 12.1 Å². The number of carbonyl (C=O) groups is 3. The Labute approximate surface area is 223 Å². The number of urea groups is 1. The minimum atomic E-state index is -4.74. The lowest BCUT2D eigenvalue weighted by molar-refractivity contribution is -0.137. The highest BCUT2D eigenvalue weighted by Gasteiger charge is 2.33. The van der Waals surface area contributed by atoms with Crippen molar-refractivity contribution in [1.82, 2.24) is 16.0 Å². The molecular formula is C25H29F3N4O6S. The van der Waals surface area contributed by atoms with E-state index < -0.39 is 63.5 Å². The molecule has 1 aliphatic rings. The van der Waals surface area contributed by atoms with E-state index in [4.69, 9.17) is 4.74 Å². The first-order valence-corrected chi connectivity index (χ1v) is 13.7. The predicted molar refractivity (Wildman–Crippen MR) is 136 cm³/mol. The van der Waals surface area contributed by atoms with Crippen LogP contribution in [0, 0.1) is 5.92 Å². The molecule has 0 saturated carbocycles. The van der Waals surface area contributed by atoms with Crippen LogP contribution in [-0.4, -0.2) is 64.4 Å². The summed E-state index contributed by atoms with van der Waals surface area (Å²) in [6.45, 7) is 1.65. The van der Waals surface area contributed by atoms with Gasteiger partial charge in [-0.25, -0.2) is 13.2 Å². The van der Waals surface area contributed by atoms with Gasteiger partial charge in [-0.05, 0) is 49.6 Å². The van der Waals surface area contributed by atoms with E-state index in [1.807, 2.05) is 0 Å². The first-order chi connectivity index (χ1) is 18.4. The molecule has 2 aromatic rings. The molecule has 39 heavy (non-hydrogen) atoms. The van der Waals surface area contributed by atoms with E-state index >= 15 is 0 Å². The van der Waals surface area contributed by atoms with E-state index in [2.05, 4.69) is 21.3 Å². The topological polar surface area (TPSA) is 143 Å². The summed E-state index contributed by atoms with van der Waals surface area (Å²) in [5.74, 6) is -2.39. The number of amides is 4. The number of anilines is 1. The maximum atomic E-state index is 13.2. The summed E-state index contributed by atoms with van der Waals surface area (Å²) in [5.41, 5.74) is -1.78. The number of halogens is 3. The van der Waals surface area contributed by atoms with E-state index in [9.17, 15) is 36.0 Å². The highest BCUT2D eigenvalue weighted by molar-refractivity contribution is 7.91. The predicted octanol–water partition coefficient (Wildman–Crippen LogP) is 2.57. The zero-order valence-corrected chi connectivity index (χ0v) is 21.8. The van der Waals surface area contributed by atoms with E-state index in [1.165, 1.54) is 12.1 Å². The van der Waals surface area contributed by atoms with Crippen LogP contribution in [0.5, 0.6) is 0 Å². The van der Waals surface area contributed by atoms with Crippen LogP contribution in [0.2, 0.25) is 0 Å². The zero-order valence-electron chi connectivity index (χ0n) is 21.0. The molecule has 10 nitrogen and oxygen atoms in total. The van der Waals surface area contributed by atoms with E-state index in [-0.39, 0.29) is 29.5 Å². The number of sulfone groups is 1. The van der Waals surface area contributed by atoms with Gasteiger partial charge in [-0.15, -0.1) is 0 Å². The Balaban J connectivity index is 1.67.